The molecule has 68 valence electrons. The van der Waals surface area contributed by atoms with Gasteiger partial charge < -0.3 is 0 Å². The van der Waals surface area contributed by atoms with E-state index < -0.39 is 0 Å². The van der Waals surface area contributed by atoms with Gasteiger partial charge in [-0.2, -0.15) is 5.26 Å². The van der Waals surface area contributed by atoms with E-state index in [1.807, 2.05) is 0 Å². The van der Waals surface area contributed by atoms with E-state index in [1.165, 1.54) is 25.9 Å². The zero-order chi connectivity index (χ0) is 8.97. The highest BCUT2D eigenvalue weighted by atomic mass is 15.2. The van der Waals surface area contributed by atoms with E-state index in [4.69, 9.17) is 5.26 Å². The molecule has 1 aliphatic heterocycles. The molecule has 0 aromatic rings. The summed E-state index contributed by atoms with van der Waals surface area (Å²) in [6, 6.07) is 2.70. The van der Waals surface area contributed by atoms with Crippen LogP contribution in [0.1, 0.15) is 33.1 Å². The van der Waals surface area contributed by atoms with Crippen LogP contribution in [0, 0.1) is 17.2 Å². The summed E-state index contributed by atoms with van der Waals surface area (Å²) >= 11 is 0. The molecule has 12 heavy (non-hydrogen) atoms. The zero-order valence-electron chi connectivity index (χ0n) is 8.08. The lowest BCUT2D eigenvalue weighted by Crippen LogP contribution is -2.50. The van der Waals surface area contributed by atoms with Gasteiger partial charge in [-0.3, -0.25) is 4.90 Å². The van der Waals surface area contributed by atoms with E-state index >= 15 is 0 Å². The summed E-state index contributed by atoms with van der Waals surface area (Å²) in [5.74, 6) is 0.913. The minimum atomic E-state index is 0.475. The number of likely N-dealkylation sites (tertiary alicyclic amines) is 1. The number of hydrogen-bond donors (Lipinski definition) is 0. The normalized spacial score (nSPS) is 21.4. The highest BCUT2D eigenvalue weighted by Gasteiger charge is 2.28. The fraction of sp³-hybridized carbons (Fsp3) is 0.900. The van der Waals surface area contributed by atoms with Crippen LogP contribution >= 0.6 is 0 Å². The van der Waals surface area contributed by atoms with Crippen molar-refractivity contribution in [2.24, 2.45) is 5.92 Å². The number of rotatable bonds is 4. The van der Waals surface area contributed by atoms with Gasteiger partial charge in [-0.25, -0.2) is 0 Å². The molecular weight excluding hydrogens is 148 g/mol. The van der Waals surface area contributed by atoms with Crippen LogP contribution in [0.15, 0.2) is 0 Å². The van der Waals surface area contributed by atoms with Gasteiger partial charge >= 0.3 is 0 Å². The molecule has 0 aromatic carbocycles. The summed E-state index contributed by atoms with van der Waals surface area (Å²) in [6.45, 7) is 6.82. The summed E-state index contributed by atoms with van der Waals surface area (Å²) in [6.07, 6.45) is 3.33. The van der Waals surface area contributed by atoms with Gasteiger partial charge in [0.2, 0.25) is 0 Å². The van der Waals surface area contributed by atoms with Gasteiger partial charge in [0.1, 0.15) is 0 Å². The molecule has 0 aliphatic carbocycles. The van der Waals surface area contributed by atoms with E-state index in [9.17, 15) is 0 Å². The van der Waals surface area contributed by atoms with E-state index in [0.717, 1.165) is 5.92 Å². The summed E-state index contributed by atoms with van der Waals surface area (Å²) in [5.41, 5.74) is 0. The van der Waals surface area contributed by atoms with Gasteiger partial charge in [0.25, 0.3) is 0 Å². The highest BCUT2D eigenvalue weighted by molar-refractivity contribution is 4.87. The Morgan fingerprint density at radius 2 is 2.25 bits per heavy atom. The second kappa shape index (κ2) is 4.47. The van der Waals surface area contributed by atoms with Crippen LogP contribution in [0.4, 0.5) is 0 Å². The van der Waals surface area contributed by atoms with Gasteiger partial charge in [-0.15, -0.1) is 0 Å². The topological polar surface area (TPSA) is 27.0 Å². The molecule has 0 saturated carbocycles. The average molecular weight is 166 g/mol. The Morgan fingerprint density at radius 3 is 2.75 bits per heavy atom. The number of nitrogens with zero attached hydrogens (tertiary/aromatic N) is 2. The lowest BCUT2D eigenvalue weighted by Gasteiger charge is -2.42. The van der Waals surface area contributed by atoms with Crippen molar-refractivity contribution in [1.82, 2.24) is 4.90 Å². The smallest absolute Gasteiger partial charge is 0.0638 e. The quantitative estimate of drug-likeness (QED) is 0.639. The van der Waals surface area contributed by atoms with Crippen LogP contribution < -0.4 is 0 Å². The molecule has 1 rings (SSSR count). The maximum absolute atomic E-state index is 8.50. The van der Waals surface area contributed by atoms with Gasteiger partial charge in [0, 0.05) is 19.1 Å². The van der Waals surface area contributed by atoms with E-state index in [2.05, 4.69) is 24.8 Å². The molecule has 0 aromatic heterocycles. The summed E-state index contributed by atoms with van der Waals surface area (Å²) in [5, 5.41) is 8.50. The Bertz CT molecular complexity index is 165. The predicted molar refractivity (Wildman–Crippen MR) is 49.7 cm³/mol. The van der Waals surface area contributed by atoms with Crippen LogP contribution in [-0.4, -0.2) is 24.0 Å². The van der Waals surface area contributed by atoms with E-state index in [-0.39, 0.29) is 0 Å². The second-order valence-corrected chi connectivity index (χ2v) is 3.82. The van der Waals surface area contributed by atoms with E-state index in [1.54, 1.807) is 0 Å². The third kappa shape index (κ3) is 2.22. The Balaban J connectivity index is 2.12. The van der Waals surface area contributed by atoms with Crippen molar-refractivity contribution in [3.63, 3.8) is 0 Å². The van der Waals surface area contributed by atoms with Crippen molar-refractivity contribution in [3.8, 4) is 6.07 Å². The van der Waals surface area contributed by atoms with Gasteiger partial charge in [0.05, 0.1) is 12.5 Å². The van der Waals surface area contributed by atoms with E-state index in [0.29, 0.717) is 12.5 Å². The Kier molecular flexibility index (Phi) is 3.55. The SMILES string of the molecule is CCCC1CN(C(C)CC#N)C1. The lowest BCUT2D eigenvalue weighted by molar-refractivity contribution is 0.0568. The first-order chi connectivity index (χ1) is 5.77. The van der Waals surface area contributed by atoms with Crippen LogP contribution in [0.3, 0.4) is 0 Å². The summed E-state index contributed by atoms with van der Waals surface area (Å²) in [7, 11) is 0. The molecule has 1 atom stereocenters. The highest BCUT2D eigenvalue weighted by Crippen LogP contribution is 2.23. The molecule has 0 amide bonds. The van der Waals surface area contributed by atoms with Crippen LogP contribution in [-0.2, 0) is 0 Å². The van der Waals surface area contributed by atoms with Crippen molar-refractivity contribution >= 4 is 0 Å². The summed E-state index contributed by atoms with van der Waals surface area (Å²) < 4.78 is 0. The first-order valence-electron chi connectivity index (χ1n) is 4.89. The molecule has 0 spiro atoms. The molecule has 1 fully saturated rings. The van der Waals surface area contributed by atoms with Crippen LogP contribution in [0.2, 0.25) is 0 Å². The molecular formula is C10H18N2. The summed E-state index contributed by atoms with van der Waals surface area (Å²) in [4.78, 5) is 2.41. The fourth-order valence-electron chi connectivity index (χ4n) is 1.82. The third-order valence-electron chi connectivity index (χ3n) is 2.69. The lowest BCUT2D eigenvalue weighted by atomic mass is 9.93. The van der Waals surface area contributed by atoms with Crippen molar-refractivity contribution in [1.29, 1.82) is 5.26 Å². The monoisotopic (exact) mass is 166 g/mol. The number of nitriles is 1. The first-order valence-corrected chi connectivity index (χ1v) is 4.89. The molecule has 1 aliphatic rings. The largest absolute Gasteiger partial charge is 0.299 e. The Labute approximate surface area is 75.2 Å². The molecule has 2 nitrogen and oxygen atoms in total. The minimum absolute atomic E-state index is 0.475. The Morgan fingerprint density at radius 1 is 1.58 bits per heavy atom. The average Bonchev–Trinajstić information content (AvgIpc) is 1.96. The number of hydrogen-bond acceptors (Lipinski definition) is 2. The first kappa shape index (κ1) is 9.54. The molecule has 1 unspecified atom stereocenters. The van der Waals surface area contributed by atoms with Crippen LogP contribution in [0.25, 0.3) is 0 Å². The third-order valence-corrected chi connectivity index (χ3v) is 2.69. The molecule has 2 heteroatoms. The minimum Gasteiger partial charge on any atom is -0.299 e. The van der Waals surface area contributed by atoms with Crippen molar-refractivity contribution in [2.45, 2.75) is 39.2 Å². The molecule has 0 bridgehead atoms. The molecule has 1 saturated heterocycles. The van der Waals surface area contributed by atoms with Crippen molar-refractivity contribution < 1.29 is 0 Å². The molecule has 0 radical (unpaired) electrons. The van der Waals surface area contributed by atoms with Crippen molar-refractivity contribution in [3.05, 3.63) is 0 Å². The zero-order valence-corrected chi connectivity index (χ0v) is 8.08. The second-order valence-electron chi connectivity index (χ2n) is 3.82. The molecule has 0 N–H and O–H groups in total. The van der Waals surface area contributed by atoms with Gasteiger partial charge in [-0.1, -0.05) is 13.3 Å². The fourth-order valence-corrected chi connectivity index (χ4v) is 1.82. The maximum atomic E-state index is 8.50. The Hall–Kier alpha value is -0.550. The predicted octanol–water partition coefficient (Wildman–Crippen LogP) is 2.02. The maximum Gasteiger partial charge on any atom is 0.0638 e. The molecule has 1 heterocycles. The van der Waals surface area contributed by atoms with Crippen LogP contribution in [0.5, 0.6) is 0 Å². The van der Waals surface area contributed by atoms with Gasteiger partial charge in [0.15, 0.2) is 0 Å². The van der Waals surface area contributed by atoms with Gasteiger partial charge in [-0.05, 0) is 19.3 Å². The standard InChI is InChI=1S/C10H18N2/c1-3-4-10-7-12(8-10)9(2)5-6-11/h9-10H,3-5,7-8H2,1-2H3. The van der Waals surface area contributed by atoms with Crippen molar-refractivity contribution in [2.75, 3.05) is 13.1 Å².